The van der Waals surface area contributed by atoms with Crippen molar-refractivity contribution >= 4 is 39.5 Å². The molecule has 0 atom stereocenters. The van der Waals surface area contributed by atoms with E-state index in [-0.39, 0.29) is 6.61 Å². The Hall–Kier alpha value is -4.12. The van der Waals surface area contributed by atoms with Gasteiger partial charge in [0.2, 0.25) is 5.95 Å². The second kappa shape index (κ2) is 7.13. The number of pyridine rings is 1. The summed E-state index contributed by atoms with van der Waals surface area (Å²) >= 11 is 0. The number of rotatable bonds is 6. The van der Waals surface area contributed by atoms with Crippen molar-refractivity contribution in [3.8, 4) is 0 Å². The molecule has 5 aromatic rings. The second-order valence-corrected chi connectivity index (χ2v) is 6.21. The van der Waals surface area contributed by atoms with Gasteiger partial charge in [-0.25, -0.2) is 34.6 Å². The summed E-state index contributed by atoms with van der Waals surface area (Å²) in [4.78, 5) is 25.5. The van der Waals surface area contributed by atoms with E-state index in [1.807, 2.05) is 22.9 Å². The zero-order valence-corrected chi connectivity index (χ0v) is 15.1. The third kappa shape index (κ3) is 3.19. The highest BCUT2D eigenvalue weighted by Gasteiger charge is 2.11. The Morgan fingerprint density at radius 2 is 1.97 bits per heavy atom. The molecule has 0 radical (unpaired) electrons. The summed E-state index contributed by atoms with van der Waals surface area (Å²) in [7, 11) is 0. The number of aliphatic hydroxyl groups is 1. The number of hydrogen-bond acceptors (Lipinski definition) is 9. The zero-order chi connectivity index (χ0) is 19.6. The van der Waals surface area contributed by atoms with Crippen LogP contribution in [0.2, 0.25) is 0 Å². The van der Waals surface area contributed by atoms with E-state index in [1.54, 1.807) is 29.5 Å². The maximum Gasteiger partial charge on any atom is 0.222 e. The summed E-state index contributed by atoms with van der Waals surface area (Å²) < 4.78 is 3.57. The summed E-state index contributed by atoms with van der Waals surface area (Å²) in [5.74, 6) is 1.25. The van der Waals surface area contributed by atoms with Crippen LogP contribution in [0.4, 0.5) is 17.5 Å². The van der Waals surface area contributed by atoms with Crippen molar-refractivity contribution in [2.45, 2.75) is 6.54 Å². The molecule has 0 aliphatic rings. The van der Waals surface area contributed by atoms with Crippen LogP contribution in [0.15, 0.2) is 55.8 Å². The molecule has 11 nitrogen and oxygen atoms in total. The highest BCUT2D eigenvalue weighted by molar-refractivity contribution is 5.90. The van der Waals surface area contributed by atoms with Gasteiger partial charge in [0.1, 0.15) is 18.5 Å². The Kier molecular flexibility index (Phi) is 4.18. The topological polar surface area (TPSA) is 131 Å². The third-order valence-corrected chi connectivity index (χ3v) is 4.38. The van der Waals surface area contributed by atoms with Crippen LogP contribution in [0.25, 0.3) is 22.1 Å². The molecule has 11 heteroatoms. The highest BCUT2D eigenvalue weighted by atomic mass is 16.3. The average molecular weight is 388 g/mol. The summed E-state index contributed by atoms with van der Waals surface area (Å²) in [6.45, 7) is 0.473. The smallest absolute Gasteiger partial charge is 0.222 e. The first-order chi connectivity index (χ1) is 14.3. The highest BCUT2D eigenvalue weighted by Crippen LogP contribution is 2.24. The van der Waals surface area contributed by atoms with Crippen molar-refractivity contribution in [2.24, 2.45) is 0 Å². The van der Waals surface area contributed by atoms with Crippen LogP contribution in [-0.4, -0.2) is 50.9 Å². The standard InChI is InChI=1S/C18H16N10O/c29-6-5-27-4-2-20-18(27)26-28-3-1-14-16(23-11-24-17(14)28)25-13-7-12-8-19-10-22-15(12)21-9-13/h1-4,7-11,29H,5-6H2,(H,20,26)(H,23,24,25). The summed E-state index contributed by atoms with van der Waals surface area (Å²) in [6, 6.07) is 3.82. The molecule has 0 unspecified atom stereocenters. The van der Waals surface area contributed by atoms with Crippen molar-refractivity contribution in [1.82, 2.24) is 39.1 Å². The van der Waals surface area contributed by atoms with Crippen molar-refractivity contribution in [1.29, 1.82) is 0 Å². The molecule has 5 heterocycles. The van der Waals surface area contributed by atoms with Crippen LogP contribution in [0, 0.1) is 0 Å². The molecule has 5 aromatic heterocycles. The molecule has 0 aliphatic carbocycles. The van der Waals surface area contributed by atoms with Gasteiger partial charge in [-0.2, -0.15) is 0 Å². The van der Waals surface area contributed by atoms with Crippen molar-refractivity contribution in [2.75, 3.05) is 17.3 Å². The Balaban J connectivity index is 1.47. The van der Waals surface area contributed by atoms with Gasteiger partial charge in [0.05, 0.1) is 23.9 Å². The van der Waals surface area contributed by atoms with Gasteiger partial charge in [-0.1, -0.05) is 0 Å². The van der Waals surface area contributed by atoms with E-state index in [9.17, 15) is 5.11 Å². The normalized spacial score (nSPS) is 11.2. The molecule has 0 saturated carbocycles. The lowest BCUT2D eigenvalue weighted by molar-refractivity contribution is 0.276. The summed E-state index contributed by atoms with van der Waals surface area (Å²) in [6.07, 6.45) is 11.7. The fourth-order valence-electron chi connectivity index (χ4n) is 3.04. The van der Waals surface area contributed by atoms with Gasteiger partial charge in [0.15, 0.2) is 11.3 Å². The number of imidazole rings is 1. The number of nitrogens with zero attached hydrogens (tertiary/aromatic N) is 8. The van der Waals surface area contributed by atoms with Gasteiger partial charge in [-0.15, -0.1) is 0 Å². The zero-order valence-electron chi connectivity index (χ0n) is 15.1. The predicted molar refractivity (Wildman–Crippen MR) is 106 cm³/mol. The SMILES string of the molecule is OCCn1ccnc1Nn1ccc2c(Nc3cnc4ncncc4c3)ncnc21. The van der Waals surface area contributed by atoms with Crippen molar-refractivity contribution < 1.29 is 5.11 Å². The van der Waals surface area contributed by atoms with Crippen LogP contribution >= 0.6 is 0 Å². The van der Waals surface area contributed by atoms with Crippen LogP contribution < -0.4 is 10.7 Å². The first-order valence-electron chi connectivity index (χ1n) is 8.86. The van der Waals surface area contributed by atoms with Gasteiger partial charge in [-0.3, -0.25) is 5.43 Å². The van der Waals surface area contributed by atoms with Gasteiger partial charge in [0.25, 0.3) is 0 Å². The van der Waals surface area contributed by atoms with Crippen LogP contribution in [0.1, 0.15) is 0 Å². The van der Waals surface area contributed by atoms with Crippen molar-refractivity contribution in [3.05, 3.63) is 55.8 Å². The van der Waals surface area contributed by atoms with Gasteiger partial charge < -0.3 is 15.0 Å². The third-order valence-electron chi connectivity index (χ3n) is 4.38. The van der Waals surface area contributed by atoms with E-state index in [4.69, 9.17) is 0 Å². The number of nitrogens with one attached hydrogen (secondary N) is 2. The lowest BCUT2D eigenvalue weighted by Crippen LogP contribution is -2.14. The first kappa shape index (κ1) is 17.0. The predicted octanol–water partition coefficient (Wildman–Crippen LogP) is 1.58. The molecule has 0 amide bonds. The summed E-state index contributed by atoms with van der Waals surface area (Å²) in [5, 5.41) is 14.1. The first-order valence-corrected chi connectivity index (χ1v) is 8.86. The van der Waals surface area contributed by atoms with Crippen LogP contribution in [-0.2, 0) is 6.54 Å². The number of fused-ring (bicyclic) bond motifs is 2. The average Bonchev–Trinajstić information content (AvgIpc) is 3.36. The van der Waals surface area contributed by atoms with Crippen LogP contribution in [0.5, 0.6) is 0 Å². The largest absolute Gasteiger partial charge is 0.395 e. The minimum Gasteiger partial charge on any atom is -0.395 e. The molecule has 5 rings (SSSR count). The number of aliphatic hydroxyl groups excluding tert-OH is 1. The lowest BCUT2D eigenvalue weighted by Gasteiger charge is -2.11. The van der Waals surface area contributed by atoms with Gasteiger partial charge >= 0.3 is 0 Å². The maximum atomic E-state index is 9.18. The van der Waals surface area contributed by atoms with E-state index in [0.29, 0.717) is 29.6 Å². The Morgan fingerprint density at radius 1 is 1.00 bits per heavy atom. The second-order valence-electron chi connectivity index (χ2n) is 6.21. The Labute approximate surface area is 164 Å². The van der Waals surface area contributed by atoms with E-state index in [0.717, 1.165) is 16.5 Å². The quantitative estimate of drug-likeness (QED) is 0.396. The minimum absolute atomic E-state index is 0.0263. The van der Waals surface area contributed by atoms with Gasteiger partial charge in [-0.05, 0) is 12.1 Å². The van der Waals surface area contributed by atoms with Crippen molar-refractivity contribution in [3.63, 3.8) is 0 Å². The Morgan fingerprint density at radius 3 is 2.90 bits per heavy atom. The molecule has 0 fully saturated rings. The molecule has 0 spiro atoms. The maximum absolute atomic E-state index is 9.18. The van der Waals surface area contributed by atoms with E-state index < -0.39 is 0 Å². The molecule has 144 valence electrons. The fraction of sp³-hybridized carbons (Fsp3) is 0.111. The van der Waals surface area contributed by atoms with Crippen LogP contribution in [0.3, 0.4) is 0 Å². The minimum atomic E-state index is 0.0263. The summed E-state index contributed by atoms with van der Waals surface area (Å²) in [5.41, 5.74) is 5.27. The van der Waals surface area contributed by atoms with Gasteiger partial charge in [0, 0.05) is 36.7 Å². The fourth-order valence-corrected chi connectivity index (χ4v) is 3.04. The molecular formula is C18H16N10O. The molecular weight excluding hydrogens is 372 g/mol. The molecule has 0 bridgehead atoms. The molecule has 0 saturated heterocycles. The number of aromatic nitrogens is 8. The molecule has 3 N–H and O–H groups in total. The van der Waals surface area contributed by atoms with E-state index in [2.05, 4.69) is 40.6 Å². The number of hydrogen-bond donors (Lipinski definition) is 3. The molecule has 0 aliphatic heterocycles. The van der Waals surface area contributed by atoms with E-state index >= 15 is 0 Å². The Bertz CT molecular complexity index is 1290. The molecule has 0 aromatic carbocycles. The number of anilines is 3. The molecule has 29 heavy (non-hydrogen) atoms. The monoisotopic (exact) mass is 388 g/mol. The lowest BCUT2D eigenvalue weighted by atomic mass is 10.3. The van der Waals surface area contributed by atoms with E-state index in [1.165, 1.54) is 12.7 Å².